The second-order valence-electron chi connectivity index (χ2n) is 6.57. The highest BCUT2D eigenvalue weighted by molar-refractivity contribution is 5.87. The first-order valence-corrected chi connectivity index (χ1v) is 6.70. The number of aliphatic hydroxyl groups excluding tert-OH is 1. The Morgan fingerprint density at radius 2 is 1.89 bits per heavy atom. The molecule has 4 nitrogen and oxygen atoms in total. The largest absolute Gasteiger partial charge is 0.515 e. The van der Waals surface area contributed by atoms with Gasteiger partial charge in [0.1, 0.15) is 5.60 Å². The van der Waals surface area contributed by atoms with E-state index in [0.29, 0.717) is 18.3 Å². The van der Waals surface area contributed by atoms with E-state index in [1.165, 1.54) is 6.92 Å². The number of rotatable bonds is 2. The first kappa shape index (κ1) is 12.0. The summed E-state index contributed by atoms with van der Waals surface area (Å²) in [5.74, 6) is 0.521. The lowest BCUT2D eigenvalue weighted by Crippen LogP contribution is -2.60. The van der Waals surface area contributed by atoms with Crippen LogP contribution in [-0.4, -0.2) is 27.4 Å². The first-order chi connectivity index (χ1) is 8.44. The van der Waals surface area contributed by atoms with Crippen molar-refractivity contribution in [2.24, 2.45) is 11.8 Å². The Hall–Kier alpha value is -1.03. The fraction of sp³-hybridized carbons (Fsp3) is 0.786. The monoisotopic (exact) mass is 252 g/mol. The lowest BCUT2D eigenvalue weighted by Gasteiger charge is -2.59. The minimum atomic E-state index is -0.624. The quantitative estimate of drug-likeness (QED) is 0.448. The minimum Gasteiger partial charge on any atom is -0.515 e. The number of carbonyl (C=O) groups is 1. The zero-order valence-electron chi connectivity index (χ0n) is 10.7. The summed E-state index contributed by atoms with van der Waals surface area (Å²) in [4.78, 5) is 11.8. The molecule has 4 heteroatoms. The standard InChI is InChI=1S/C14H20O4/c1-9(7-15)12(16)18-14-5-10-2-11(6-14)4-13(17,3-10)8-14/h7,10-11,15,17H,2-6,8H2,1H3. The van der Waals surface area contributed by atoms with Gasteiger partial charge in [0.05, 0.1) is 17.4 Å². The lowest BCUT2D eigenvalue weighted by atomic mass is 9.52. The Labute approximate surface area is 107 Å². The second-order valence-corrected chi connectivity index (χ2v) is 6.57. The van der Waals surface area contributed by atoms with Crippen molar-refractivity contribution in [2.45, 2.75) is 56.7 Å². The first-order valence-electron chi connectivity index (χ1n) is 6.70. The predicted molar refractivity (Wildman–Crippen MR) is 64.8 cm³/mol. The third kappa shape index (κ3) is 1.83. The molecule has 18 heavy (non-hydrogen) atoms. The molecule has 2 atom stereocenters. The van der Waals surface area contributed by atoms with Gasteiger partial charge in [-0.1, -0.05) is 0 Å². The molecule has 0 saturated heterocycles. The summed E-state index contributed by atoms with van der Waals surface area (Å²) >= 11 is 0. The summed E-state index contributed by atoms with van der Waals surface area (Å²) in [6.45, 7) is 1.54. The molecular weight excluding hydrogens is 232 g/mol. The number of hydrogen-bond donors (Lipinski definition) is 2. The van der Waals surface area contributed by atoms with Gasteiger partial charge < -0.3 is 14.9 Å². The molecule has 0 aliphatic heterocycles. The van der Waals surface area contributed by atoms with Gasteiger partial charge in [-0.3, -0.25) is 0 Å². The molecule has 2 N–H and O–H groups in total. The molecule has 0 aromatic rings. The van der Waals surface area contributed by atoms with Crippen LogP contribution in [0.25, 0.3) is 0 Å². The van der Waals surface area contributed by atoms with E-state index >= 15 is 0 Å². The summed E-state index contributed by atoms with van der Waals surface area (Å²) in [6, 6.07) is 0. The normalized spacial score (nSPS) is 46.2. The van der Waals surface area contributed by atoms with E-state index in [2.05, 4.69) is 0 Å². The fourth-order valence-corrected chi connectivity index (χ4v) is 4.58. The molecule has 0 aromatic carbocycles. The molecule has 100 valence electrons. The summed E-state index contributed by atoms with van der Waals surface area (Å²) in [5.41, 5.74) is -0.890. The summed E-state index contributed by atoms with van der Waals surface area (Å²) in [6.07, 6.45) is 5.98. The van der Waals surface area contributed by atoms with Crippen molar-refractivity contribution >= 4 is 5.97 Å². The molecule has 0 amide bonds. The van der Waals surface area contributed by atoms with Gasteiger partial charge >= 0.3 is 5.97 Å². The van der Waals surface area contributed by atoms with E-state index in [9.17, 15) is 9.90 Å². The summed E-state index contributed by atoms with van der Waals surface area (Å²) in [7, 11) is 0. The predicted octanol–water partition coefficient (Wildman–Crippen LogP) is 2.08. The minimum absolute atomic E-state index is 0.220. The SMILES string of the molecule is CC(=CO)C(=O)OC12CC3CC(CC(O)(C3)C1)C2. The van der Waals surface area contributed by atoms with Crippen LogP contribution < -0.4 is 0 Å². The van der Waals surface area contributed by atoms with Crippen molar-refractivity contribution in [3.63, 3.8) is 0 Å². The third-order valence-electron chi connectivity index (χ3n) is 4.80. The van der Waals surface area contributed by atoms with Crippen LogP contribution in [0.4, 0.5) is 0 Å². The molecule has 0 spiro atoms. The second kappa shape index (κ2) is 3.73. The van der Waals surface area contributed by atoms with Gasteiger partial charge in [0, 0.05) is 6.42 Å². The van der Waals surface area contributed by atoms with E-state index in [4.69, 9.17) is 9.84 Å². The number of ether oxygens (including phenoxy) is 1. The third-order valence-corrected chi connectivity index (χ3v) is 4.80. The van der Waals surface area contributed by atoms with Crippen LogP contribution in [0.3, 0.4) is 0 Å². The van der Waals surface area contributed by atoms with Gasteiger partial charge in [-0.15, -0.1) is 0 Å². The van der Waals surface area contributed by atoms with Crippen molar-refractivity contribution in [3.8, 4) is 0 Å². The number of carbonyl (C=O) groups excluding carboxylic acids is 1. The van der Waals surface area contributed by atoms with Gasteiger partial charge in [-0.25, -0.2) is 4.79 Å². The van der Waals surface area contributed by atoms with Crippen molar-refractivity contribution in [1.29, 1.82) is 0 Å². The van der Waals surface area contributed by atoms with Crippen LogP contribution in [0.1, 0.15) is 45.4 Å². The topological polar surface area (TPSA) is 66.8 Å². The van der Waals surface area contributed by atoms with Gasteiger partial charge in [-0.2, -0.15) is 0 Å². The Bertz CT molecular complexity index is 398. The van der Waals surface area contributed by atoms with Crippen LogP contribution in [-0.2, 0) is 9.53 Å². The van der Waals surface area contributed by atoms with Crippen LogP contribution in [0.2, 0.25) is 0 Å². The molecular formula is C14H20O4. The molecule has 4 aliphatic carbocycles. The number of hydrogen-bond acceptors (Lipinski definition) is 4. The van der Waals surface area contributed by atoms with E-state index in [1.807, 2.05) is 0 Å². The molecule has 0 radical (unpaired) electrons. The lowest BCUT2D eigenvalue weighted by molar-refractivity contribution is -0.217. The highest BCUT2D eigenvalue weighted by Gasteiger charge is 2.59. The number of esters is 1. The van der Waals surface area contributed by atoms with Crippen LogP contribution in [0, 0.1) is 11.8 Å². The molecule has 4 bridgehead atoms. The Morgan fingerprint density at radius 3 is 2.39 bits per heavy atom. The zero-order chi connectivity index (χ0) is 13.0. The Kier molecular flexibility index (Phi) is 2.49. The molecule has 4 saturated carbocycles. The highest BCUT2D eigenvalue weighted by Crippen LogP contribution is 2.58. The molecule has 4 rings (SSSR count). The molecule has 4 aliphatic rings. The fourth-order valence-electron chi connectivity index (χ4n) is 4.58. The van der Waals surface area contributed by atoms with E-state index < -0.39 is 17.2 Å². The van der Waals surface area contributed by atoms with E-state index in [-0.39, 0.29) is 5.57 Å². The Morgan fingerprint density at radius 1 is 1.28 bits per heavy atom. The van der Waals surface area contributed by atoms with Crippen molar-refractivity contribution in [2.75, 3.05) is 0 Å². The summed E-state index contributed by atoms with van der Waals surface area (Å²) < 4.78 is 5.64. The molecule has 2 unspecified atom stereocenters. The maximum atomic E-state index is 11.8. The maximum Gasteiger partial charge on any atom is 0.337 e. The van der Waals surface area contributed by atoms with Crippen LogP contribution in [0.5, 0.6) is 0 Å². The average Bonchev–Trinajstić information content (AvgIpc) is 2.23. The van der Waals surface area contributed by atoms with Crippen molar-refractivity contribution in [3.05, 3.63) is 11.8 Å². The van der Waals surface area contributed by atoms with E-state index in [0.717, 1.165) is 38.4 Å². The van der Waals surface area contributed by atoms with Crippen molar-refractivity contribution in [1.82, 2.24) is 0 Å². The van der Waals surface area contributed by atoms with Gasteiger partial charge in [0.2, 0.25) is 0 Å². The van der Waals surface area contributed by atoms with E-state index in [1.54, 1.807) is 0 Å². The molecule has 4 fully saturated rings. The smallest absolute Gasteiger partial charge is 0.337 e. The Balaban J connectivity index is 1.81. The number of aliphatic hydroxyl groups is 2. The van der Waals surface area contributed by atoms with Gasteiger partial charge in [0.25, 0.3) is 0 Å². The van der Waals surface area contributed by atoms with Crippen LogP contribution in [0.15, 0.2) is 11.8 Å². The zero-order valence-corrected chi connectivity index (χ0v) is 10.7. The van der Waals surface area contributed by atoms with Crippen molar-refractivity contribution < 1.29 is 19.7 Å². The summed E-state index contributed by atoms with van der Waals surface area (Å²) in [5, 5.41) is 19.4. The average molecular weight is 252 g/mol. The van der Waals surface area contributed by atoms with Gasteiger partial charge in [-0.05, 0) is 50.9 Å². The molecule has 0 aromatic heterocycles. The van der Waals surface area contributed by atoms with Crippen LogP contribution >= 0.6 is 0 Å². The molecule has 0 heterocycles. The van der Waals surface area contributed by atoms with Gasteiger partial charge in [0.15, 0.2) is 0 Å². The maximum absolute atomic E-state index is 11.8. The highest BCUT2D eigenvalue weighted by atomic mass is 16.6.